The first-order valence-corrected chi connectivity index (χ1v) is 7.25. The second kappa shape index (κ2) is 6.31. The van der Waals surface area contributed by atoms with Gasteiger partial charge in [0.05, 0.1) is 12.1 Å². The summed E-state index contributed by atoms with van der Waals surface area (Å²) in [5.74, 6) is 0. The number of hydrogen-bond acceptors (Lipinski definition) is 4. The molecule has 1 aliphatic rings. The Morgan fingerprint density at radius 2 is 2.20 bits per heavy atom. The molecule has 0 bridgehead atoms. The molecule has 1 atom stereocenters. The molecule has 0 aliphatic carbocycles. The maximum Gasteiger partial charge on any atom is 0.0702 e. The lowest BCUT2D eigenvalue weighted by atomic mass is 10.0. The van der Waals surface area contributed by atoms with Gasteiger partial charge < -0.3 is 10.5 Å². The zero-order valence-corrected chi connectivity index (χ0v) is 11.7. The van der Waals surface area contributed by atoms with Gasteiger partial charge >= 0.3 is 0 Å². The molecule has 1 saturated heterocycles. The average Bonchev–Trinajstić information content (AvgIpc) is 2.77. The monoisotopic (exact) mass is 271 g/mol. The third kappa shape index (κ3) is 2.82. The number of fused-ring (bicyclic) bond motifs is 1. The van der Waals surface area contributed by atoms with E-state index in [-0.39, 0.29) is 6.04 Å². The molecular formula is C16H21N3O. The van der Waals surface area contributed by atoms with E-state index in [0.717, 1.165) is 38.2 Å². The van der Waals surface area contributed by atoms with Crippen LogP contribution >= 0.6 is 0 Å². The molecule has 1 aromatic carbocycles. The van der Waals surface area contributed by atoms with Gasteiger partial charge in [-0.1, -0.05) is 12.1 Å². The maximum absolute atomic E-state index is 6.03. The summed E-state index contributed by atoms with van der Waals surface area (Å²) in [5.41, 5.74) is 8.34. The van der Waals surface area contributed by atoms with Crippen LogP contribution in [0, 0.1) is 0 Å². The summed E-state index contributed by atoms with van der Waals surface area (Å²) in [7, 11) is 0. The van der Waals surface area contributed by atoms with Gasteiger partial charge in [-0.2, -0.15) is 0 Å². The minimum atomic E-state index is 0.265. The highest BCUT2D eigenvalue weighted by molar-refractivity contribution is 5.79. The van der Waals surface area contributed by atoms with Crippen LogP contribution < -0.4 is 5.73 Å². The average molecular weight is 271 g/mol. The number of benzene rings is 1. The van der Waals surface area contributed by atoms with Crippen LogP contribution in [-0.4, -0.2) is 42.7 Å². The molecule has 4 nitrogen and oxygen atoms in total. The molecule has 20 heavy (non-hydrogen) atoms. The smallest absolute Gasteiger partial charge is 0.0702 e. The Morgan fingerprint density at radius 3 is 3.10 bits per heavy atom. The van der Waals surface area contributed by atoms with Crippen LogP contribution in [0.1, 0.15) is 18.0 Å². The van der Waals surface area contributed by atoms with Crippen molar-refractivity contribution in [3.8, 4) is 0 Å². The Morgan fingerprint density at radius 1 is 1.25 bits per heavy atom. The van der Waals surface area contributed by atoms with E-state index in [0.29, 0.717) is 6.54 Å². The van der Waals surface area contributed by atoms with Gasteiger partial charge in [0.25, 0.3) is 0 Å². The third-order valence-electron chi connectivity index (χ3n) is 3.93. The highest BCUT2D eigenvalue weighted by Crippen LogP contribution is 2.24. The fourth-order valence-corrected chi connectivity index (χ4v) is 2.87. The molecule has 3 rings (SSSR count). The van der Waals surface area contributed by atoms with E-state index in [9.17, 15) is 0 Å². The van der Waals surface area contributed by atoms with Crippen LogP contribution in [-0.2, 0) is 4.74 Å². The van der Waals surface area contributed by atoms with Gasteiger partial charge in [-0.05, 0) is 30.2 Å². The summed E-state index contributed by atoms with van der Waals surface area (Å²) in [4.78, 5) is 6.81. The first kappa shape index (κ1) is 13.5. The molecule has 2 N–H and O–H groups in total. The van der Waals surface area contributed by atoms with Crippen molar-refractivity contribution in [1.29, 1.82) is 0 Å². The molecule has 0 radical (unpaired) electrons. The number of nitrogens with two attached hydrogens (primary N) is 1. The van der Waals surface area contributed by atoms with E-state index < -0.39 is 0 Å². The fraction of sp³-hybridized carbons (Fsp3) is 0.438. The van der Waals surface area contributed by atoms with Gasteiger partial charge in [-0.25, -0.2) is 0 Å². The molecule has 0 saturated carbocycles. The van der Waals surface area contributed by atoms with Crippen molar-refractivity contribution in [1.82, 2.24) is 9.88 Å². The summed E-state index contributed by atoms with van der Waals surface area (Å²) in [6.45, 7) is 4.28. The summed E-state index contributed by atoms with van der Waals surface area (Å²) in [5, 5.41) is 1.18. The van der Waals surface area contributed by atoms with Crippen molar-refractivity contribution in [2.24, 2.45) is 5.73 Å². The van der Waals surface area contributed by atoms with Crippen molar-refractivity contribution in [2.45, 2.75) is 12.5 Å². The quantitative estimate of drug-likeness (QED) is 0.927. The number of nitrogens with zero attached hydrogens (tertiary/aromatic N) is 2. The zero-order chi connectivity index (χ0) is 13.8. The Kier molecular flexibility index (Phi) is 4.25. The van der Waals surface area contributed by atoms with Crippen LogP contribution in [0.3, 0.4) is 0 Å². The molecule has 106 valence electrons. The standard InChI is InChI=1S/C16H21N3O/c17-12-16(19-7-2-9-20-10-8-19)14-4-5-15-13(11-14)3-1-6-18-15/h1,3-6,11,16H,2,7-10,12,17H2. The lowest BCUT2D eigenvalue weighted by molar-refractivity contribution is 0.132. The molecular weight excluding hydrogens is 250 g/mol. The summed E-state index contributed by atoms with van der Waals surface area (Å²) in [6, 6.07) is 10.8. The molecule has 2 aromatic rings. The van der Waals surface area contributed by atoms with E-state index in [1.165, 1.54) is 10.9 Å². The Labute approximate surface area is 119 Å². The normalized spacial score (nSPS) is 18.9. The van der Waals surface area contributed by atoms with Gasteiger partial charge in [0.1, 0.15) is 0 Å². The highest BCUT2D eigenvalue weighted by atomic mass is 16.5. The maximum atomic E-state index is 6.03. The lowest BCUT2D eigenvalue weighted by Crippen LogP contribution is -2.35. The highest BCUT2D eigenvalue weighted by Gasteiger charge is 2.20. The lowest BCUT2D eigenvalue weighted by Gasteiger charge is -2.29. The predicted molar refractivity (Wildman–Crippen MR) is 80.5 cm³/mol. The Bertz CT molecular complexity index is 564. The summed E-state index contributed by atoms with van der Waals surface area (Å²) in [6.07, 6.45) is 2.90. The minimum absolute atomic E-state index is 0.265. The van der Waals surface area contributed by atoms with Crippen LogP contribution in [0.2, 0.25) is 0 Å². The van der Waals surface area contributed by atoms with Crippen molar-refractivity contribution < 1.29 is 4.74 Å². The predicted octanol–water partition coefficient (Wildman–Crippen LogP) is 1.96. The molecule has 0 spiro atoms. The largest absolute Gasteiger partial charge is 0.380 e. The van der Waals surface area contributed by atoms with E-state index in [1.807, 2.05) is 12.3 Å². The Hall–Kier alpha value is -1.49. The second-order valence-corrected chi connectivity index (χ2v) is 5.21. The van der Waals surface area contributed by atoms with Gasteiger partial charge in [-0.15, -0.1) is 0 Å². The van der Waals surface area contributed by atoms with Crippen LogP contribution in [0.25, 0.3) is 10.9 Å². The number of hydrogen-bond donors (Lipinski definition) is 1. The van der Waals surface area contributed by atoms with Crippen molar-refractivity contribution in [3.05, 3.63) is 42.1 Å². The van der Waals surface area contributed by atoms with Crippen LogP contribution in [0.15, 0.2) is 36.5 Å². The summed E-state index contributed by atoms with van der Waals surface area (Å²) < 4.78 is 5.53. The minimum Gasteiger partial charge on any atom is -0.380 e. The van der Waals surface area contributed by atoms with E-state index in [2.05, 4.69) is 34.1 Å². The van der Waals surface area contributed by atoms with E-state index in [4.69, 9.17) is 10.5 Å². The number of pyridine rings is 1. The van der Waals surface area contributed by atoms with Gasteiger partial charge in [-0.3, -0.25) is 9.88 Å². The molecule has 4 heteroatoms. The Balaban J connectivity index is 1.89. The fourth-order valence-electron chi connectivity index (χ4n) is 2.87. The van der Waals surface area contributed by atoms with Crippen molar-refractivity contribution >= 4 is 10.9 Å². The first-order chi connectivity index (χ1) is 9.88. The van der Waals surface area contributed by atoms with Crippen molar-refractivity contribution in [3.63, 3.8) is 0 Å². The zero-order valence-electron chi connectivity index (χ0n) is 11.7. The first-order valence-electron chi connectivity index (χ1n) is 7.25. The van der Waals surface area contributed by atoms with Gasteiger partial charge in [0, 0.05) is 43.9 Å². The molecule has 1 aliphatic heterocycles. The molecule has 2 heterocycles. The van der Waals surface area contributed by atoms with Crippen LogP contribution in [0.4, 0.5) is 0 Å². The van der Waals surface area contributed by atoms with E-state index >= 15 is 0 Å². The number of ether oxygens (including phenoxy) is 1. The SMILES string of the molecule is NCC(c1ccc2ncccc2c1)N1CCCOCC1. The topological polar surface area (TPSA) is 51.4 Å². The van der Waals surface area contributed by atoms with Gasteiger partial charge in [0.2, 0.25) is 0 Å². The molecule has 1 aromatic heterocycles. The molecule has 1 unspecified atom stereocenters. The second-order valence-electron chi connectivity index (χ2n) is 5.21. The third-order valence-corrected chi connectivity index (χ3v) is 3.93. The van der Waals surface area contributed by atoms with Gasteiger partial charge in [0.15, 0.2) is 0 Å². The summed E-state index contributed by atoms with van der Waals surface area (Å²) >= 11 is 0. The van der Waals surface area contributed by atoms with E-state index in [1.54, 1.807) is 0 Å². The number of rotatable bonds is 3. The molecule has 1 fully saturated rings. The molecule has 0 amide bonds. The van der Waals surface area contributed by atoms with Crippen LogP contribution in [0.5, 0.6) is 0 Å². The van der Waals surface area contributed by atoms with Crippen molar-refractivity contribution in [2.75, 3.05) is 32.8 Å². The number of aromatic nitrogens is 1.